The molecule has 1 heterocycles. The van der Waals surface area contributed by atoms with Gasteiger partial charge in [-0.2, -0.15) is 0 Å². The molecule has 0 spiro atoms. The smallest absolute Gasteiger partial charge is 0.345 e. The molecule has 0 bridgehead atoms. The molecular formula is C32H33O3S+. The molecule has 0 atom stereocenters. The summed E-state index contributed by atoms with van der Waals surface area (Å²) in [5, 5.41) is 2.63. The van der Waals surface area contributed by atoms with Crippen molar-refractivity contribution < 1.29 is 14.3 Å². The van der Waals surface area contributed by atoms with Crippen LogP contribution in [0.3, 0.4) is 0 Å². The van der Waals surface area contributed by atoms with Gasteiger partial charge in [0.25, 0.3) is 0 Å². The van der Waals surface area contributed by atoms with Gasteiger partial charge < -0.3 is 9.47 Å². The van der Waals surface area contributed by atoms with Gasteiger partial charge in [-0.3, -0.25) is 0 Å². The van der Waals surface area contributed by atoms with Crippen LogP contribution in [0.1, 0.15) is 50.7 Å². The van der Waals surface area contributed by atoms with Crippen molar-refractivity contribution in [2.24, 2.45) is 5.92 Å². The van der Waals surface area contributed by atoms with E-state index in [0.29, 0.717) is 0 Å². The Morgan fingerprint density at radius 3 is 2.06 bits per heavy atom. The Morgan fingerprint density at radius 1 is 0.944 bits per heavy atom. The van der Waals surface area contributed by atoms with Gasteiger partial charge in [-0.1, -0.05) is 50.0 Å². The first-order valence-corrected chi connectivity index (χ1v) is 14.0. The van der Waals surface area contributed by atoms with Crippen molar-refractivity contribution in [2.45, 2.75) is 59.0 Å². The molecule has 1 aliphatic carbocycles. The van der Waals surface area contributed by atoms with Crippen molar-refractivity contribution in [2.75, 3.05) is 6.61 Å². The molecule has 0 N–H and O–H groups in total. The second kappa shape index (κ2) is 9.99. The largest absolute Gasteiger partial charge is 0.481 e. The maximum atomic E-state index is 12.8. The zero-order valence-electron chi connectivity index (χ0n) is 21.5. The van der Waals surface area contributed by atoms with Gasteiger partial charge in [-0.25, -0.2) is 4.79 Å². The fraction of sp³-hybridized carbons (Fsp3) is 0.344. The van der Waals surface area contributed by atoms with Gasteiger partial charge >= 0.3 is 5.97 Å². The van der Waals surface area contributed by atoms with Crippen molar-refractivity contribution in [1.82, 2.24) is 0 Å². The molecule has 0 amide bonds. The third-order valence-electron chi connectivity index (χ3n) is 6.82. The fourth-order valence-electron chi connectivity index (χ4n) is 5.22. The second-order valence-corrected chi connectivity index (χ2v) is 12.0. The predicted molar refractivity (Wildman–Crippen MR) is 150 cm³/mol. The number of thiophene rings is 1. The molecule has 184 valence electrons. The summed E-state index contributed by atoms with van der Waals surface area (Å²) in [5.74, 6) is 7.12. The highest BCUT2D eigenvalue weighted by Gasteiger charge is 2.36. The van der Waals surface area contributed by atoms with E-state index in [9.17, 15) is 4.79 Å². The van der Waals surface area contributed by atoms with Crippen LogP contribution in [0.4, 0.5) is 0 Å². The lowest BCUT2D eigenvalue weighted by Crippen LogP contribution is -2.32. The molecule has 1 saturated carbocycles. The Balaban J connectivity index is 1.40. The number of esters is 1. The number of rotatable bonds is 5. The number of carbonyl (C=O) groups excluding carboxylic acids is 1. The van der Waals surface area contributed by atoms with Crippen molar-refractivity contribution >= 4 is 36.6 Å². The first kappa shape index (κ1) is 24.4. The quantitative estimate of drug-likeness (QED) is 0.158. The summed E-state index contributed by atoms with van der Waals surface area (Å²) in [6.07, 6.45) is 3.68. The van der Waals surface area contributed by atoms with E-state index in [1.807, 2.05) is 0 Å². The molecule has 36 heavy (non-hydrogen) atoms. The van der Waals surface area contributed by atoms with E-state index in [1.54, 1.807) is 0 Å². The molecular weight excluding hydrogens is 464 g/mol. The minimum atomic E-state index is -0.650. The topological polar surface area (TPSA) is 35.5 Å². The van der Waals surface area contributed by atoms with Crippen molar-refractivity contribution in [1.29, 1.82) is 0 Å². The number of benzene rings is 3. The zero-order chi connectivity index (χ0) is 25.3. The summed E-state index contributed by atoms with van der Waals surface area (Å²) in [5.41, 5.74) is 1.41. The van der Waals surface area contributed by atoms with Crippen LogP contribution >= 0.6 is 10.5 Å². The maximum absolute atomic E-state index is 12.8. The van der Waals surface area contributed by atoms with E-state index in [4.69, 9.17) is 9.47 Å². The second-order valence-electron chi connectivity index (χ2n) is 10.1. The first-order chi connectivity index (χ1) is 17.4. The number of aryl methyl sites for hydroxylation is 2. The molecule has 0 radical (unpaired) electrons. The Hall–Kier alpha value is -3.29. The van der Waals surface area contributed by atoms with E-state index >= 15 is 0 Å². The van der Waals surface area contributed by atoms with Gasteiger partial charge in [0.15, 0.2) is 26.5 Å². The normalized spacial score (nSPS) is 14.7. The molecule has 0 saturated heterocycles. The molecule has 0 unspecified atom stereocenters. The number of fused-ring (bicyclic) bond motifs is 3. The predicted octanol–water partition coefficient (Wildman–Crippen LogP) is 8.24. The molecule has 3 nitrogen and oxygen atoms in total. The lowest BCUT2D eigenvalue weighted by Gasteiger charge is -2.23. The molecule has 3 aromatic carbocycles. The highest BCUT2D eigenvalue weighted by molar-refractivity contribution is 7.50. The Morgan fingerprint density at radius 2 is 1.50 bits per heavy atom. The van der Waals surface area contributed by atoms with Crippen LogP contribution in [0.15, 0.2) is 60.7 Å². The summed E-state index contributed by atoms with van der Waals surface area (Å²) in [6, 6.07) is 21.8. The van der Waals surface area contributed by atoms with Crippen LogP contribution < -0.4 is 4.74 Å². The van der Waals surface area contributed by atoms with Gasteiger partial charge in [0, 0.05) is 39.3 Å². The lowest BCUT2D eigenvalue weighted by atomic mass is 10.0. The molecule has 1 aromatic heterocycles. The molecule has 1 aliphatic rings. The molecule has 1 fully saturated rings. The summed E-state index contributed by atoms with van der Waals surface area (Å²) in [6.45, 7) is 8.11. The molecule has 4 aromatic rings. The van der Waals surface area contributed by atoms with Crippen LogP contribution in [-0.2, 0) is 9.53 Å². The highest BCUT2D eigenvalue weighted by atomic mass is 32.2. The average Bonchev–Trinajstić information content (AvgIpc) is 3.45. The van der Waals surface area contributed by atoms with E-state index < -0.39 is 5.60 Å². The standard InChI is InChI=1S/C32H33O3S/c1-22(2)15-18-32(16-9-10-17-32)35-30(33)21-34-31-23(3)19-25(20-24(31)4)36-28-13-7-5-11-26(28)27-12-6-8-14-29(27)36/h5-8,11-14,19-20,22H,9-10,16-17,21H2,1-4H3/q+1. The average molecular weight is 498 g/mol. The van der Waals surface area contributed by atoms with E-state index in [-0.39, 0.29) is 29.0 Å². The Bertz CT molecular complexity index is 1420. The van der Waals surface area contributed by atoms with Crippen LogP contribution in [0.5, 0.6) is 5.75 Å². The summed E-state index contributed by atoms with van der Waals surface area (Å²) < 4.78 is 14.7. The Labute approximate surface area is 216 Å². The van der Waals surface area contributed by atoms with Crippen LogP contribution in [0, 0.1) is 31.6 Å². The minimum absolute atomic E-state index is 0.108. The molecule has 0 aliphatic heterocycles. The lowest BCUT2D eigenvalue weighted by molar-refractivity contribution is -0.156. The van der Waals surface area contributed by atoms with Crippen molar-refractivity contribution in [3.8, 4) is 22.5 Å². The zero-order valence-corrected chi connectivity index (χ0v) is 22.3. The van der Waals surface area contributed by atoms with Crippen LogP contribution in [-0.4, -0.2) is 18.2 Å². The van der Waals surface area contributed by atoms with Gasteiger partial charge in [-0.15, -0.1) is 0 Å². The number of hydrogen-bond donors (Lipinski definition) is 0. The first-order valence-electron chi connectivity index (χ1n) is 12.8. The van der Waals surface area contributed by atoms with Crippen LogP contribution in [0.25, 0.3) is 25.1 Å². The monoisotopic (exact) mass is 497 g/mol. The van der Waals surface area contributed by atoms with Crippen molar-refractivity contribution in [3.63, 3.8) is 0 Å². The maximum Gasteiger partial charge on any atom is 0.345 e. The van der Waals surface area contributed by atoms with E-state index in [1.165, 1.54) is 25.1 Å². The van der Waals surface area contributed by atoms with Crippen molar-refractivity contribution in [3.05, 3.63) is 71.8 Å². The third-order valence-corrected chi connectivity index (χ3v) is 9.12. The van der Waals surface area contributed by atoms with E-state index in [0.717, 1.165) is 42.6 Å². The molecule has 5 rings (SSSR count). The Kier molecular flexibility index (Phi) is 6.77. The third kappa shape index (κ3) is 4.73. The summed E-state index contributed by atoms with van der Waals surface area (Å²) in [4.78, 5) is 14.1. The number of carbonyl (C=O) groups is 1. The van der Waals surface area contributed by atoms with Gasteiger partial charge in [-0.05, 0) is 74.9 Å². The SMILES string of the molecule is Cc1cc(-[s+]2c3ccccc3c3ccccc32)cc(C)c1OCC(=O)OC1(C#CC(C)C)CCCC1. The van der Waals surface area contributed by atoms with Gasteiger partial charge in [0.1, 0.15) is 5.75 Å². The summed E-state index contributed by atoms with van der Waals surface area (Å²) in [7, 11) is -0.160. The number of ether oxygens (including phenoxy) is 2. The molecule has 4 heteroatoms. The fourth-order valence-corrected chi connectivity index (χ4v) is 7.77. The van der Waals surface area contributed by atoms with Gasteiger partial charge in [0.2, 0.25) is 0 Å². The number of hydrogen-bond acceptors (Lipinski definition) is 3. The summed E-state index contributed by atoms with van der Waals surface area (Å²) >= 11 is 0. The van der Waals surface area contributed by atoms with Crippen LogP contribution in [0.2, 0.25) is 0 Å². The van der Waals surface area contributed by atoms with Gasteiger partial charge in [0.05, 0.1) is 0 Å². The highest BCUT2D eigenvalue weighted by Crippen LogP contribution is 2.49. The van der Waals surface area contributed by atoms with E-state index in [2.05, 4.69) is 100 Å². The minimum Gasteiger partial charge on any atom is -0.481 e.